The lowest BCUT2D eigenvalue weighted by molar-refractivity contribution is -0.111. The second-order valence-corrected chi connectivity index (χ2v) is 3.60. The van der Waals surface area contributed by atoms with Gasteiger partial charge in [0, 0.05) is 18.3 Å². The number of nitrogens with one attached hydrogen (secondary N) is 2. The van der Waals surface area contributed by atoms with Crippen LogP contribution in [0.5, 0.6) is 0 Å². The van der Waals surface area contributed by atoms with Gasteiger partial charge in [-0.1, -0.05) is 36.4 Å². The normalized spacial score (nSPS) is 15.1. The molecule has 1 aromatic rings. The van der Waals surface area contributed by atoms with Crippen LogP contribution in [0, 0.1) is 0 Å². The highest BCUT2D eigenvalue weighted by Gasteiger charge is 2.12. The first kappa shape index (κ1) is 11.1. The van der Waals surface area contributed by atoms with Crippen molar-refractivity contribution in [2.24, 2.45) is 0 Å². The van der Waals surface area contributed by atoms with Crippen LogP contribution in [0.3, 0.4) is 0 Å². The zero-order valence-electron chi connectivity index (χ0n) is 9.14. The Morgan fingerprint density at radius 3 is 2.65 bits per heavy atom. The summed E-state index contributed by atoms with van der Waals surface area (Å²) < 4.78 is 0. The third-order valence-electron chi connectivity index (χ3n) is 2.36. The van der Waals surface area contributed by atoms with Crippen LogP contribution in [0.15, 0.2) is 48.2 Å². The van der Waals surface area contributed by atoms with Crippen LogP contribution in [0.2, 0.25) is 0 Å². The molecule has 1 aliphatic heterocycles. The number of benzene rings is 1. The van der Waals surface area contributed by atoms with E-state index in [4.69, 9.17) is 0 Å². The quantitative estimate of drug-likeness (QED) is 0.769. The average molecular weight is 228 g/mol. The topological polar surface area (TPSA) is 58.2 Å². The Hall–Kier alpha value is -2.36. The second kappa shape index (κ2) is 5.12. The minimum atomic E-state index is -0.284. The molecule has 1 aliphatic rings. The van der Waals surface area contributed by atoms with Gasteiger partial charge in [-0.25, -0.2) is 4.79 Å². The maximum Gasteiger partial charge on any atom is 0.319 e. The number of hydrogen-bond acceptors (Lipinski definition) is 2. The van der Waals surface area contributed by atoms with Crippen LogP contribution >= 0.6 is 0 Å². The molecule has 2 N–H and O–H groups in total. The molecule has 17 heavy (non-hydrogen) atoms. The second-order valence-electron chi connectivity index (χ2n) is 3.60. The Labute approximate surface area is 99.0 Å². The molecule has 0 bridgehead atoms. The third-order valence-corrected chi connectivity index (χ3v) is 2.36. The van der Waals surface area contributed by atoms with Crippen molar-refractivity contribution in [1.29, 1.82) is 0 Å². The largest absolute Gasteiger partial charge is 0.334 e. The summed E-state index contributed by atoms with van der Waals surface area (Å²) in [5, 5.41) is 4.98. The molecular formula is C13H12N2O2. The average Bonchev–Trinajstić information content (AvgIpc) is 2.38. The third kappa shape index (κ3) is 3.04. The lowest BCUT2D eigenvalue weighted by Gasteiger charge is -2.12. The molecule has 1 heterocycles. The van der Waals surface area contributed by atoms with E-state index in [1.807, 2.05) is 30.3 Å². The molecule has 1 aromatic carbocycles. The number of allylic oxidation sites excluding steroid dienone is 1. The van der Waals surface area contributed by atoms with Crippen molar-refractivity contribution >= 4 is 17.9 Å². The van der Waals surface area contributed by atoms with Crippen molar-refractivity contribution in [3.63, 3.8) is 0 Å². The highest BCUT2D eigenvalue weighted by Crippen LogP contribution is 2.04. The number of carbonyl (C=O) groups excluding carboxylic acids is 2. The molecule has 4 heteroatoms. The molecule has 0 spiro atoms. The summed E-state index contributed by atoms with van der Waals surface area (Å²) in [4.78, 5) is 22.5. The molecule has 0 aliphatic carbocycles. The summed E-state index contributed by atoms with van der Waals surface area (Å²) in [7, 11) is 0. The fraction of sp³-hybridized carbons (Fsp3) is 0.0769. The maximum atomic E-state index is 11.7. The fourth-order valence-electron chi connectivity index (χ4n) is 1.43. The summed E-state index contributed by atoms with van der Waals surface area (Å²) in [6.45, 7) is 0.268. The van der Waals surface area contributed by atoms with Gasteiger partial charge in [0.25, 0.3) is 0 Å². The first-order valence-corrected chi connectivity index (χ1v) is 5.26. The van der Waals surface area contributed by atoms with Crippen molar-refractivity contribution in [2.75, 3.05) is 6.54 Å². The van der Waals surface area contributed by atoms with Crippen molar-refractivity contribution in [2.45, 2.75) is 0 Å². The van der Waals surface area contributed by atoms with Gasteiger partial charge in [-0.2, -0.15) is 0 Å². The van der Waals surface area contributed by atoms with Gasteiger partial charge in [-0.05, 0) is 11.6 Å². The van der Waals surface area contributed by atoms with Crippen molar-refractivity contribution < 1.29 is 9.59 Å². The minimum Gasteiger partial charge on any atom is -0.334 e. The summed E-state index contributed by atoms with van der Waals surface area (Å²) in [5.74, 6) is -0.110. The minimum absolute atomic E-state index is 0.110. The predicted molar refractivity (Wildman–Crippen MR) is 65.1 cm³/mol. The first-order valence-electron chi connectivity index (χ1n) is 5.26. The number of hydrogen-bond donors (Lipinski definition) is 2. The Morgan fingerprint density at radius 2 is 2.00 bits per heavy atom. The van der Waals surface area contributed by atoms with E-state index >= 15 is 0 Å². The molecule has 86 valence electrons. The number of rotatable bonds is 3. The summed E-state index contributed by atoms with van der Waals surface area (Å²) in [6, 6.07) is 9.28. The van der Waals surface area contributed by atoms with Crippen LogP contribution in [0.1, 0.15) is 5.56 Å². The molecular weight excluding hydrogens is 216 g/mol. The van der Waals surface area contributed by atoms with Gasteiger partial charge < -0.3 is 10.6 Å². The van der Waals surface area contributed by atoms with E-state index in [1.54, 1.807) is 6.08 Å². The molecule has 0 aromatic heterocycles. The van der Waals surface area contributed by atoms with Crippen LogP contribution in [0.4, 0.5) is 4.79 Å². The van der Waals surface area contributed by atoms with Crippen LogP contribution in [0.25, 0.3) is 6.08 Å². The summed E-state index contributed by atoms with van der Waals surface area (Å²) in [6.07, 6.45) is 4.69. The van der Waals surface area contributed by atoms with Crippen molar-refractivity contribution in [1.82, 2.24) is 10.6 Å². The van der Waals surface area contributed by atoms with Crippen LogP contribution in [-0.2, 0) is 4.79 Å². The highest BCUT2D eigenvalue weighted by atomic mass is 16.2. The van der Waals surface area contributed by atoms with E-state index in [2.05, 4.69) is 10.6 Å². The SMILES string of the molecule is O=C1NC=C(C(=O)C=Cc2ccccc2)CN1. The van der Waals surface area contributed by atoms with Gasteiger partial charge >= 0.3 is 6.03 Å². The summed E-state index contributed by atoms with van der Waals surface area (Å²) in [5.41, 5.74) is 1.51. The number of ketones is 1. The van der Waals surface area contributed by atoms with Crippen LogP contribution in [-0.4, -0.2) is 18.4 Å². The Kier molecular flexibility index (Phi) is 3.35. The fourth-order valence-corrected chi connectivity index (χ4v) is 1.43. The molecule has 2 amide bonds. The standard InChI is InChI=1S/C13H12N2O2/c16-12(11-8-14-13(17)15-9-11)7-6-10-4-2-1-3-5-10/h1-8H,9H2,(H2,14,15,17). The molecule has 4 nitrogen and oxygen atoms in total. The van der Waals surface area contributed by atoms with Gasteiger partial charge in [0.05, 0.1) is 0 Å². The lowest BCUT2D eigenvalue weighted by atomic mass is 10.1. The van der Waals surface area contributed by atoms with Gasteiger partial charge in [0.2, 0.25) is 0 Å². The molecule has 0 unspecified atom stereocenters. The van der Waals surface area contributed by atoms with E-state index in [0.717, 1.165) is 5.56 Å². The van der Waals surface area contributed by atoms with E-state index in [0.29, 0.717) is 5.57 Å². The predicted octanol–water partition coefficient (Wildman–Crippen LogP) is 1.47. The molecule has 2 rings (SSSR count). The van der Waals surface area contributed by atoms with E-state index in [9.17, 15) is 9.59 Å². The lowest BCUT2D eigenvalue weighted by Crippen LogP contribution is -2.39. The van der Waals surface area contributed by atoms with Crippen LogP contribution < -0.4 is 10.6 Å². The Bertz CT molecular complexity index is 489. The zero-order valence-corrected chi connectivity index (χ0v) is 9.14. The highest BCUT2D eigenvalue weighted by molar-refractivity contribution is 6.07. The molecule has 0 fully saturated rings. The van der Waals surface area contributed by atoms with E-state index < -0.39 is 0 Å². The zero-order chi connectivity index (χ0) is 12.1. The molecule has 0 saturated carbocycles. The summed E-state index contributed by atoms with van der Waals surface area (Å²) >= 11 is 0. The Morgan fingerprint density at radius 1 is 1.24 bits per heavy atom. The number of amides is 2. The van der Waals surface area contributed by atoms with E-state index in [1.165, 1.54) is 12.3 Å². The molecule has 0 atom stereocenters. The van der Waals surface area contributed by atoms with Gasteiger partial charge in [-0.3, -0.25) is 4.79 Å². The Balaban J connectivity index is 2.02. The van der Waals surface area contributed by atoms with E-state index in [-0.39, 0.29) is 18.4 Å². The smallest absolute Gasteiger partial charge is 0.319 e. The van der Waals surface area contributed by atoms with Gasteiger partial charge in [0.1, 0.15) is 0 Å². The molecule has 0 radical (unpaired) electrons. The monoisotopic (exact) mass is 228 g/mol. The van der Waals surface area contributed by atoms with Crippen molar-refractivity contribution in [3.05, 3.63) is 53.7 Å². The number of urea groups is 1. The first-order chi connectivity index (χ1) is 8.25. The van der Waals surface area contributed by atoms with Gasteiger partial charge in [-0.15, -0.1) is 0 Å². The molecule has 0 saturated heterocycles. The number of carbonyl (C=O) groups is 2. The maximum absolute atomic E-state index is 11.7. The van der Waals surface area contributed by atoms with Crippen molar-refractivity contribution in [3.8, 4) is 0 Å². The van der Waals surface area contributed by atoms with Gasteiger partial charge in [0.15, 0.2) is 5.78 Å².